The normalized spacial score (nSPS) is 12.5. The van der Waals surface area contributed by atoms with Crippen LogP contribution in [0.4, 0.5) is 8.78 Å². The van der Waals surface area contributed by atoms with Crippen LogP contribution in [0.2, 0.25) is 0 Å². The number of pyridine rings is 1. The number of fused-ring (bicyclic) bond motifs is 1. The molecule has 3 N–H and O–H groups in total. The summed E-state index contributed by atoms with van der Waals surface area (Å²) in [6, 6.07) is 12.4. The number of thiophene rings is 1. The van der Waals surface area contributed by atoms with Crippen LogP contribution in [0.25, 0.3) is 16.2 Å². The lowest BCUT2D eigenvalue weighted by Gasteiger charge is -2.22. The van der Waals surface area contributed by atoms with Crippen molar-refractivity contribution >= 4 is 22.9 Å². The lowest BCUT2D eigenvalue weighted by Crippen LogP contribution is -2.35. The fourth-order valence-electron chi connectivity index (χ4n) is 3.99. The molecule has 0 aliphatic carbocycles. The van der Waals surface area contributed by atoms with Gasteiger partial charge >= 0.3 is 6.61 Å². The van der Waals surface area contributed by atoms with E-state index in [4.69, 9.17) is 15.2 Å². The summed E-state index contributed by atoms with van der Waals surface area (Å²) in [5.41, 5.74) is 8.39. The Bertz CT molecular complexity index is 1530. The third-order valence-corrected chi connectivity index (χ3v) is 6.99. The molecule has 1 amide bonds. The number of amides is 1. The molecule has 8 nitrogen and oxygen atoms in total. The van der Waals surface area contributed by atoms with E-state index >= 15 is 0 Å². The molecule has 3 heterocycles. The summed E-state index contributed by atoms with van der Waals surface area (Å²) in [5, 5.41) is 12.6. The Hall–Kier alpha value is -4.01. The van der Waals surface area contributed by atoms with Gasteiger partial charge in [0.15, 0.2) is 0 Å². The molecule has 0 radical (unpaired) electrons. The Morgan fingerprint density at radius 3 is 2.64 bits per heavy atom. The number of benzene rings is 1. The standard InChI is InChI=1S/C28H29F2N5O3S/c1-16(19-7-5-17(13-34-28(2,3)4)9-21(19)38-27(29)30)37-22-10-23(39-24(22)11-25(32)36)20-14-33-26-8-6-18(12-31)15-35(20)26/h5-10,14-16,27,34H,11,13H2,1-4H3,(H2,32,36)/t16-/m1/s1. The number of alkyl halides is 2. The van der Waals surface area contributed by atoms with Crippen molar-refractivity contribution in [1.29, 1.82) is 5.26 Å². The number of rotatable bonds is 10. The minimum Gasteiger partial charge on any atom is -0.485 e. The first-order chi connectivity index (χ1) is 18.4. The van der Waals surface area contributed by atoms with Crippen molar-refractivity contribution < 1.29 is 23.0 Å². The number of nitrogens with two attached hydrogens (primary N) is 1. The molecule has 0 spiro atoms. The van der Waals surface area contributed by atoms with E-state index in [0.717, 1.165) is 10.4 Å². The van der Waals surface area contributed by atoms with E-state index < -0.39 is 18.6 Å². The van der Waals surface area contributed by atoms with E-state index in [2.05, 4.69) is 16.4 Å². The van der Waals surface area contributed by atoms with Gasteiger partial charge in [0.2, 0.25) is 5.91 Å². The Labute approximate surface area is 229 Å². The molecule has 0 aliphatic heterocycles. The second-order valence-electron chi connectivity index (χ2n) is 10.1. The van der Waals surface area contributed by atoms with Crippen LogP contribution in [0.1, 0.15) is 55.4 Å². The summed E-state index contributed by atoms with van der Waals surface area (Å²) >= 11 is 1.31. The number of nitrogens with zero attached hydrogens (tertiary/aromatic N) is 3. The van der Waals surface area contributed by atoms with Crippen molar-refractivity contribution in [3.63, 3.8) is 0 Å². The number of aromatic nitrogens is 2. The highest BCUT2D eigenvalue weighted by Gasteiger charge is 2.22. The van der Waals surface area contributed by atoms with Crippen LogP contribution in [0.5, 0.6) is 11.5 Å². The smallest absolute Gasteiger partial charge is 0.387 e. The second kappa shape index (κ2) is 11.4. The Balaban J connectivity index is 1.67. The van der Waals surface area contributed by atoms with E-state index in [9.17, 15) is 18.8 Å². The fourth-order valence-corrected chi connectivity index (χ4v) is 5.10. The summed E-state index contributed by atoms with van der Waals surface area (Å²) in [4.78, 5) is 17.5. The number of carbonyl (C=O) groups is 1. The molecular weight excluding hydrogens is 524 g/mol. The number of hydrogen-bond acceptors (Lipinski definition) is 7. The van der Waals surface area contributed by atoms with Crippen LogP contribution >= 0.6 is 11.3 Å². The molecule has 0 bridgehead atoms. The van der Waals surface area contributed by atoms with E-state index in [1.54, 1.807) is 54.0 Å². The van der Waals surface area contributed by atoms with Gasteiger partial charge in [-0.3, -0.25) is 9.20 Å². The third-order valence-electron chi connectivity index (χ3n) is 5.85. The van der Waals surface area contributed by atoms with Crippen molar-refractivity contribution in [3.05, 3.63) is 70.4 Å². The van der Waals surface area contributed by atoms with Gasteiger partial charge in [0.05, 0.1) is 33.6 Å². The Kier molecular flexibility index (Phi) is 8.18. The zero-order valence-corrected chi connectivity index (χ0v) is 22.8. The van der Waals surface area contributed by atoms with Gasteiger partial charge in [0.25, 0.3) is 0 Å². The van der Waals surface area contributed by atoms with Gasteiger partial charge in [0, 0.05) is 29.9 Å². The highest BCUT2D eigenvalue weighted by molar-refractivity contribution is 7.15. The predicted octanol–water partition coefficient (Wildman–Crippen LogP) is 5.59. The summed E-state index contributed by atoms with van der Waals surface area (Å²) in [6.07, 6.45) is 2.59. The van der Waals surface area contributed by atoms with E-state index in [-0.39, 0.29) is 17.7 Å². The average molecular weight is 554 g/mol. The first-order valence-corrected chi connectivity index (χ1v) is 13.0. The summed E-state index contributed by atoms with van der Waals surface area (Å²) in [5.74, 6) is -0.124. The van der Waals surface area contributed by atoms with Crippen molar-refractivity contribution in [2.45, 2.75) is 58.9 Å². The van der Waals surface area contributed by atoms with Gasteiger partial charge in [-0.25, -0.2) is 4.98 Å². The second-order valence-corrected chi connectivity index (χ2v) is 11.2. The Morgan fingerprint density at radius 2 is 1.97 bits per heavy atom. The quantitative estimate of drug-likeness (QED) is 0.265. The molecule has 0 unspecified atom stereocenters. The first kappa shape index (κ1) is 28.0. The van der Waals surface area contributed by atoms with Gasteiger partial charge < -0.3 is 20.5 Å². The molecule has 1 aromatic carbocycles. The number of ether oxygens (including phenoxy) is 2. The predicted molar refractivity (Wildman–Crippen MR) is 145 cm³/mol. The lowest BCUT2D eigenvalue weighted by atomic mass is 10.0. The SMILES string of the molecule is C[C@@H](Oc1cc(-c2cnc3ccc(C#N)cn23)sc1CC(N)=O)c1ccc(CNC(C)(C)C)cc1OC(F)F. The van der Waals surface area contributed by atoms with Crippen LogP contribution in [0, 0.1) is 11.3 Å². The third kappa shape index (κ3) is 6.90. The monoisotopic (exact) mass is 553 g/mol. The van der Waals surface area contributed by atoms with Crippen LogP contribution in [0.15, 0.2) is 48.8 Å². The van der Waals surface area contributed by atoms with Crippen molar-refractivity contribution in [2.24, 2.45) is 5.73 Å². The molecule has 0 fully saturated rings. The van der Waals surface area contributed by atoms with Gasteiger partial charge in [-0.1, -0.05) is 12.1 Å². The number of carbonyl (C=O) groups excluding carboxylic acids is 1. The molecule has 1 atom stereocenters. The molecule has 0 saturated heterocycles. The maximum atomic E-state index is 13.3. The maximum absolute atomic E-state index is 13.3. The Morgan fingerprint density at radius 1 is 1.21 bits per heavy atom. The number of nitrogens with one attached hydrogen (secondary N) is 1. The minimum atomic E-state index is -3.01. The van der Waals surface area contributed by atoms with E-state index in [1.807, 2.05) is 26.8 Å². The van der Waals surface area contributed by atoms with Crippen LogP contribution in [-0.4, -0.2) is 27.4 Å². The van der Waals surface area contributed by atoms with Gasteiger partial charge in [-0.2, -0.15) is 14.0 Å². The summed E-state index contributed by atoms with van der Waals surface area (Å²) in [6.45, 7) is 5.24. The number of primary amides is 1. The van der Waals surface area contributed by atoms with E-state index in [1.165, 1.54) is 11.3 Å². The van der Waals surface area contributed by atoms with Gasteiger partial charge in [-0.15, -0.1) is 11.3 Å². The first-order valence-electron chi connectivity index (χ1n) is 12.2. The maximum Gasteiger partial charge on any atom is 0.387 e. The zero-order chi connectivity index (χ0) is 28.3. The van der Waals surface area contributed by atoms with Crippen LogP contribution < -0.4 is 20.5 Å². The minimum absolute atomic E-state index is 0.0171. The van der Waals surface area contributed by atoms with Gasteiger partial charge in [-0.05, 0) is 51.5 Å². The number of hydrogen-bond donors (Lipinski definition) is 2. The molecule has 39 heavy (non-hydrogen) atoms. The highest BCUT2D eigenvalue weighted by Crippen LogP contribution is 2.40. The largest absolute Gasteiger partial charge is 0.485 e. The zero-order valence-electron chi connectivity index (χ0n) is 22.0. The van der Waals surface area contributed by atoms with Crippen molar-refractivity contribution in [1.82, 2.24) is 14.7 Å². The fraction of sp³-hybridized carbons (Fsp3) is 0.321. The van der Waals surface area contributed by atoms with Crippen molar-refractivity contribution in [2.75, 3.05) is 0 Å². The molecule has 4 aromatic rings. The van der Waals surface area contributed by atoms with E-state index in [0.29, 0.717) is 39.6 Å². The van der Waals surface area contributed by atoms with Crippen molar-refractivity contribution in [3.8, 4) is 28.1 Å². The average Bonchev–Trinajstić information content (AvgIpc) is 3.44. The van der Waals surface area contributed by atoms with Gasteiger partial charge in [0.1, 0.15) is 29.3 Å². The summed E-state index contributed by atoms with van der Waals surface area (Å²) < 4.78 is 39.4. The highest BCUT2D eigenvalue weighted by atomic mass is 32.1. The van der Waals surface area contributed by atoms with Crippen LogP contribution in [-0.2, 0) is 17.8 Å². The number of halogens is 2. The molecule has 0 aliphatic rings. The molecule has 4 rings (SSSR count). The van der Waals surface area contributed by atoms with Crippen LogP contribution in [0.3, 0.4) is 0 Å². The molecule has 0 saturated carbocycles. The summed E-state index contributed by atoms with van der Waals surface area (Å²) in [7, 11) is 0. The topological polar surface area (TPSA) is 115 Å². The molecular formula is C28H29F2N5O3S. The molecule has 11 heteroatoms. The molecule has 204 valence electrons. The molecule has 3 aromatic heterocycles. The number of nitriles is 1. The number of imidazole rings is 1. The lowest BCUT2D eigenvalue weighted by molar-refractivity contribution is -0.117.